The van der Waals surface area contributed by atoms with E-state index in [1.165, 1.54) is 6.07 Å². The maximum absolute atomic E-state index is 14.8. The summed E-state index contributed by atoms with van der Waals surface area (Å²) in [5.74, 6) is -0.0786. The molecule has 2 aromatic carbocycles. The van der Waals surface area contributed by atoms with E-state index >= 15 is 0 Å². The van der Waals surface area contributed by atoms with Crippen LogP contribution in [0.5, 0.6) is 5.75 Å². The number of carbonyl (C=O) groups excluding carboxylic acids is 2. The number of ketones is 1. The summed E-state index contributed by atoms with van der Waals surface area (Å²) in [6, 6.07) is 11.9. The Bertz CT molecular complexity index is 945. The van der Waals surface area contributed by atoms with Gasteiger partial charge in [-0.25, -0.2) is 9.18 Å². The minimum atomic E-state index is -0.516. The van der Waals surface area contributed by atoms with Gasteiger partial charge in [0.1, 0.15) is 11.6 Å². The summed E-state index contributed by atoms with van der Waals surface area (Å²) in [7, 11) is 3.65. The van der Waals surface area contributed by atoms with Gasteiger partial charge in [0.2, 0.25) is 0 Å². The summed E-state index contributed by atoms with van der Waals surface area (Å²) in [4.78, 5) is 30.8. The number of nitrogens with two attached hydrogens (primary N) is 1. The highest BCUT2D eigenvalue weighted by atomic mass is 19.1. The number of nitrogens with zero attached hydrogens (tertiary/aromatic N) is 3. The quantitative estimate of drug-likeness (QED) is 0.635. The lowest BCUT2D eigenvalue weighted by atomic mass is 10.1. The highest BCUT2D eigenvalue weighted by molar-refractivity contribution is 5.97. The number of carbonyl (C=O) groups is 2. The Morgan fingerprint density at radius 2 is 1.81 bits per heavy atom. The van der Waals surface area contributed by atoms with Gasteiger partial charge in [0.15, 0.2) is 5.78 Å². The molecule has 0 aliphatic carbocycles. The van der Waals surface area contributed by atoms with Gasteiger partial charge in [0.25, 0.3) is 0 Å². The maximum Gasteiger partial charge on any atom is 0.320 e. The largest absolute Gasteiger partial charge is 0.496 e. The SMILES string of the molecule is COc1ccccc1CCN(Cc1ccc(C(=O)CN)cc1F)C(=O)N1CCN(C)CC1. The second-order valence-corrected chi connectivity index (χ2v) is 7.99. The Hall–Kier alpha value is -2.97. The van der Waals surface area contributed by atoms with Crippen LogP contribution in [-0.2, 0) is 13.0 Å². The number of piperazine rings is 1. The number of ether oxygens (including phenoxy) is 1. The van der Waals surface area contributed by atoms with Crippen molar-refractivity contribution in [3.05, 3.63) is 65.0 Å². The van der Waals surface area contributed by atoms with Crippen molar-refractivity contribution in [2.24, 2.45) is 5.73 Å². The number of para-hydroxylation sites is 1. The van der Waals surface area contributed by atoms with Crippen LogP contribution in [0.25, 0.3) is 0 Å². The number of urea groups is 1. The Labute approximate surface area is 188 Å². The minimum absolute atomic E-state index is 0.114. The number of rotatable bonds is 8. The molecule has 7 nitrogen and oxygen atoms in total. The zero-order valence-electron chi connectivity index (χ0n) is 18.7. The molecule has 8 heteroatoms. The molecule has 1 aliphatic rings. The molecule has 2 amide bonds. The van der Waals surface area contributed by atoms with Crippen LogP contribution in [0.2, 0.25) is 0 Å². The fourth-order valence-corrected chi connectivity index (χ4v) is 3.78. The van der Waals surface area contributed by atoms with Crippen LogP contribution in [0.15, 0.2) is 42.5 Å². The summed E-state index contributed by atoms with van der Waals surface area (Å²) >= 11 is 0. The number of amides is 2. The predicted molar refractivity (Wildman–Crippen MR) is 121 cm³/mol. The van der Waals surface area contributed by atoms with Gasteiger partial charge in [-0.2, -0.15) is 0 Å². The van der Waals surface area contributed by atoms with Crippen molar-refractivity contribution >= 4 is 11.8 Å². The van der Waals surface area contributed by atoms with E-state index in [2.05, 4.69) is 4.90 Å². The Morgan fingerprint density at radius 3 is 2.47 bits per heavy atom. The lowest BCUT2D eigenvalue weighted by Crippen LogP contribution is -2.52. The van der Waals surface area contributed by atoms with Crippen LogP contribution in [0.3, 0.4) is 0 Å². The maximum atomic E-state index is 14.8. The van der Waals surface area contributed by atoms with Crippen molar-refractivity contribution in [2.75, 3.05) is 53.4 Å². The van der Waals surface area contributed by atoms with Crippen LogP contribution < -0.4 is 10.5 Å². The van der Waals surface area contributed by atoms with Crippen molar-refractivity contribution in [2.45, 2.75) is 13.0 Å². The van der Waals surface area contributed by atoms with Crippen molar-refractivity contribution in [1.82, 2.24) is 14.7 Å². The summed E-state index contributed by atoms with van der Waals surface area (Å²) in [6.07, 6.45) is 0.578. The summed E-state index contributed by atoms with van der Waals surface area (Å²) in [6.45, 7) is 3.22. The third-order valence-corrected chi connectivity index (χ3v) is 5.81. The van der Waals surface area contributed by atoms with Crippen LogP contribution >= 0.6 is 0 Å². The normalized spacial score (nSPS) is 14.3. The van der Waals surface area contributed by atoms with Crippen molar-refractivity contribution in [3.63, 3.8) is 0 Å². The molecule has 1 saturated heterocycles. The standard InChI is InChI=1S/C24H31FN4O3/c1-27-11-13-28(14-12-27)24(31)29(10-9-18-5-3-4-6-23(18)32-2)17-20-8-7-19(15-21(20)25)22(30)16-26/h3-8,15H,9-14,16-17,26H2,1-2H3. The van der Waals surface area contributed by atoms with E-state index in [4.69, 9.17) is 10.5 Å². The molecule has 3 rings (SSSR count). The number of hydrogen-bond donors (Lipinski definition) is 1. The number of methoxy groups -OCH3 is 1. The van der Waals surface area contributed by atoms with Crippen molar-refractivity contribution in [3.8, 4) is 5.75 Å². The number of benzene rings is 2. The smallest absolute Gasteiger partial charge is 0.320 e. The van der Waals surface area contributed by atoms with Crippen LogP contribution in [0.1, 0.15) is 21.5 Å². The van der Waals surface area contributed by atoms with Crippen molar-refractivity contribution in [1.29, 1.82) is 0 Å². The van der Waals surface area contributed by atoms with Gasteiger partial charge in [-0.05, 0) is 31.2 Å². The monoisotopic (exact) mass is 442 g/mol. The predicted octanol–water partition coefficient (Wildman–Crippen LogP) is 2.39. The zero-order chi connectivity index (χ0) is 23.1. The lowest BCUT2D eigenvalue weighted by Gasteiger charge is -2.36. The van der Waals surface area contributed by atoms with E-state index in [9.17, 15) is 14.0 Å². The Morgan fingerprint density at radius 1 is 1.09 bits per heavy atom. The molecule has 0 aromatic heterocycles. The summed E-state index contributed by atoms with van der Waals surface area (Å²) < 4.78 is 20.2. The molecule has 172 valence electrons. The first kappa shape index (κ1) is 23.7. The van der Waals surface area contributed by atoms with Crippen LogP contribution in [0, 0.1) is 5.82 Å². The van der Waals surface area contributed by atoms with Crippen LogP contribution in [-0.4, -0.2) is 79.9 Å². The van der Waals surface area contributed by atoms with E-state index in [-0.39, 0.29) is 30.5 Å². The van der Waals surface area contributed by atoms with Crippen molar-refractivity contribution < 1.29 is 18.7 Å². The zero-order valence-corrected chi connectivity index (χ0v) is 18.7. The first-order chi connectivity index (χ1) is 15.4. The Balaban J connectivity index is 1.80. The second-order valence-electron chi connectivity index (χ2n) is 7.99. The lowest BCUT2D eigenvalue weighted by molar-refractivity contribution is 0.100. The molecule has 0 atom stereocenters. The third kappa shape index (κ3) is 5.83. The molecule has 0 unspecified atom stereocenters. The molecule has 1 aliphatic heterocycles. The molecule has 0 spiro atoms. The molecular formula is C24H31FN4O3. The van der Waals surface area contributed by atoms with Gasteiger partial charge in [-0.15, -0.1) is 0 Å². The highest BCUT2D eigenvalue weighted by Gasteiger charge is 2.25. The van der Waals surface area contributed by atoms with Gasteiger partial charge in [-0.3, -0.25) is 4.79 Å². The van der Waals surface area contributed by atoms with Gasteiger partial charge in [0.05, 0.1) is 20.2 Å². The van der Waals surface area contributed by atoms with E-state index < -0.39 is 5.82 Å². The molecule has 2 aromatic rings. The number of hydrogen-bond acceptors (Lipinski definition) is 5. The van der Waals surface area contributed by atoms with Crippen LogP contribution in [0.4, 0.5) is 9.18 Å². The van der Waals surface area contributed by atoms with Gasteiger partial charge in [0, 0.05) is 43.9 Å². The number of halogens is 1. The molecule has 0 radical (unpaired) electrons. The topological polar surface area (TPSA) is 79.1 Å². The van der Waals surface area contributed by atoms with E-state index in [0.29, 0.717) is 31.6 Å². The second kappa shape index (κ2) is 11.1. The molecule has 1 fully saturated rings. The first-order valence-electron chi connectivity index (χ1n) is 10.8. The summed E-state index contributed by atoms with van der Waals surface area (Å²) in [5, 5.41) is 0. The molecular weight excluding hydrogens is 411 g/mol. The minimum Gasteiger partial charge on any atom is -0.496 e. The fraction of sp³-hybridized carbons (Fsp3) is 0.417. The van der Waals surface area contributed by atoms with E-state index in [0.717, 1.165) is 24.4 Å². The number of likely N-dealkylation sites (N-methyl/N-ethyl adjacent to an activating group) is 1. The molecule has 32 heavy (non-hydrogen) atoms. The molecule has 0 bridgehead atoms. The Kier molecular flexibility index (Phi) is 8.19. The van der Waals surface area contributed by atoms with Gasteiger partial charge < -0.3 is 25.2 Å². The average molecular weight is 443 g/mol. The molecule has 1 heterocycles. The van der Waals surface area contributed by atoms with E-state index in [1.807, 2.05) is 36.2 Å². The van der Waals surface area contributed by atoms with E-state index in [1.54, 1.807) is 24.1 Å². The first-order valence-corrected chi connectivity index (χ1v) is 10.8. The summed E-state index contributed by atoms with van der Waals surface area (Å²) in [5.41, 5.74) is 6.96. The third-order valence-electron chi connectivity index (χ3n) is 5.81. The average Bonchev–Trinajstić information content (AvgIpc) is 2.82. The molecule has 2 N–H and O–H groups in total. The van der Waals surface area contributed by atoms with Gasteiger partial charge >= 0.3 is 6.03 Å². The number of Topliss-reactive ketones (excluding diaryl/α,β-unsaturated/α-hetero) is 1. The van der Waals surface area contributed by atoms with Gasteiger partial charge in [-0.1, -0.05) is 30.3 Å². The highest BCUT2D eigenvalue weighted by Crippen LogP contribution is 2.20. The fourth-order valence-electron chi connectivity index (χ4n) is 3.78. The molecule has 0 saturated carbocycles.